The lowest BCUT2D eigenvalue weighted by molar-refractivity contribution is -0.384. The number of para-hydroxylation sites is 2. The molecule has 0 aliphatic heterocycles. The predicted molar refractivity (Wildman–Crippen MR) is 103 cm³/mol. The summed E-state index contributed by atoms with van der Waals surface area (Å²) in [6, 6.07) is 10.8. The SMILES string of the molecule is Cc1ccc(S(=O)(=O)CCC(Cl)N(C(N)=O)c2ccccc2[N+](=O)[O-])cc1. The van der Waals surface area contributed by atoms with Crippen LogP contribution in [0.1, 0.15) is 12.0 Å². The van der Waals surface area contributed by atoms with Crippen molar-refractivity contribution >= 4 is 38.8 Å². The summed E-state index contributed by atoms with van der Waals surface area (Å²) in [5.74, 6) is -0.353. The van der Waals surface area contributed by atoms with Gasteiger partial charge in [0.1, 0.15) is 11.2 Å². The van der Waals surface area contributed by atoms with E-state index in [1.807, 2.05) is 6.92 Å². The smallest absolute Gasteiger partial charge is 0.320 e. The number of hydrogen-bond acceptors (Lipinski definition) is 5. The van der Waals surface area contributed by atoms with E-state index in [0.29, 0.717) is 0 Å². The fourth-order valence-corrected chi connectivity index (χ4v) is 4.23. The molecule has 0 spiro atoms. The number of alkyl halides is 1. The van der Waals surface area contributed by atoms with E-state index in [9.17, 15) is 23.3 Å². The van der Waals surface area contributed by atoms with Crippen LogP contribution in [0.4, 0.5) is 16.2 Å². The first kappa shape index (κ1) is 20.7. The Labute approximate surface area is 161 Å². The van der Waals surface area contributed by atoms with Gasteiger partial charge in [0.05, 0.1) is 15.6 Å². The van der Waals surface area contributed by atoms with Crippen LogP contribution in [-0.2, 0) is 9.84 Å². The number of nitro benzene ring substituents is 1. The summed E-state index contributed by atoms with van der Waals surface area (Å²) in [6.07, 6.45) is -0.160. The fraction of sp³-hybridized carbons (Fsp3) is 0.235. The van der Waals surface area contributed by atoms with Crippen LogP contribution >= 0.6 is 11.6 Å². The van der Waals surface area contributed by atoms with Crippen molar-refractivity contribution in [1.82, 2.24) is 0 Å². The molecule has 0 fully saturated rings. The van der Waals surface area contributed by atoms with Gasteiger partial charge in [-0.05, 0) is 31.5 Å². The molecular weight excluding hydrogens is 394 g/mol. The normalized spacial score (nSPS) is 12.4. The number of carbonyl (C=O) groups is 1. The van der Waals surface area contributed by atoms with Crippen molar-refractivity contribution in [3.05, 3.63) is 64.2 Å². The van der Waals surface area contributed by atoms with Gasteiger partial charge in [-0.25, -0.2) is 13.2 Å². The van der Waals surface area contributed by atoms with Crippen molar-refractivity contribution in [2.24, 2.45) is 5.73 Å². The van der Waals surface area contributed by atoms with Gasteiger partial charge in [-0.15, -0.1) is 0 Å². The third-order valence-corrected chi connectivity index (χ3v) is 6.04. The third-order valence-electron chi connectivity index (χ3n) is 3.86. The largest absolute Gasteiger partial charge is 0.351 e. The molecule has 2 N–H and O–H groups in total. The zero-order chi connectivity index (χ0) is 20.2. The Morgan fingerprint density at radius 2 is 1.81 bits per heavy atom. The van der Waals surface area contributed by atoms with Crippen LogP contribution in [0.25, 0.3) is 0 Å². The first-order valence-electron chi connectivity index (χ1n) is 7.89. The number of benzene rings is 2. The number of primary amides is 1. The lowest BCUT2D eigenvalue weighted by Crippen LogP contribution is -2.42. The average molecular weight is 412 g/mol. The van der Waals surface area contributed by atoms with E-state index >= 15 is 0 Å². The maximum atomic E-state index is 12.5. The summed E-state index contributed by atoms with van der Waals surface area (Å²) in [5, 5.41) is 11.2. The Morgan fingerprint density at radius 1 is 1.22 bits per heavy atom. The quantitative estimate of drug-likeness (QED) is 0.324. The Bertz CT molecular complexity index is 947. The summed E-state index contributed by atoms with van der Waals surface area (Å²) in [6.45, 7) is 1.84. The average Bonchev–Trinajstić information content (AvgIpc) is 2.60. The van der Waals surface area contributed by atoms with Gasteiger partial charge < -0.3 is 5.73 Å². The molecule has 0 aromatic heterocycles. The maximum absolute atomic E-state index is 12.5. The van der Waals surface area contributed by atoms with Crippen LogP contribution in [0.2, 0.25) is 0 Å². The molecule has 2 rings (SSSR count). The van der Waals surface area contributed by atoms with E-state index in [2.05, 4.69) is 0 Å². The molecule has 8 nitrogen and oxygen atoms in total. The molecule has 0 saturated carbocycles. The van der Waals surface area contributed by atoms with E-state index in [1.165, 1.54) is 36.4 Å². The molecule has 0 bridgehead atoms. The molecule has 2 amide bonds. The molecule has 1 unspecified atom stereocenters. The van der Waals surface area contributed by atoms with Gasteiger partial charge in [0.15, 0.2) is 9.84 Å². The molecule has 2 aromatic carbocycles. The molecular formula is C17H18ClN3O5S. The van der Waals surface area contributed by atoms with Crippen LogP contribution in [0, 0.1) is 17.0 Å². The number of sulfone groups is 1. The van der Waals surface area contributed by atoms with Crippen molar-refractivity contribution in [1.29, 1.82) is 0 Å². The van der Waals surface area contributed by atoms with Gasteiger partial charge in [-0.1, -0.05) is 41.4 Å². The molecule has 2 aromatic rings. The molecule has 27 heavy (non-hydrogen) atoms. The Hall–Kier alpha value is -2.65. The monoisotopic (exact) mass is 411 g/mol. The summed E-state index contributed by atoms with van der Waals surface area (Å²) >= 11 is 6.21. The number of amides is 2. The lowest BCUT2D eigenvalue weighted by atomic mass is 10.2. The molecule has 10 heteroatoms. The molecule has 0 aliphatic rings. The minimum atomic E-state index is -3.64. The Kier molecular flexibility index (Phi) is 6.40. The van der Waals surface area contributed by atoms with Crippen LogP contribution in [0.3, 0.4) is 0 Å². The number of rotatable bonds is 7. The molecule has 1 atom stereocenters. The van der Waals surface area contributed by atoms with Crippen molar-refractivity contribution in [2.45, 2.75) is 23.7 Å². The second-order valence-electron chi connectivity index (χ2n) is 5.81. The van der Waals surface area contributed by atoms with Crippen molar-refractivity contribution in [2.75, 3.05) is 10.7 Å². The van der Waals surface area contributed by atoms with E-state index < -0.39 is 26.3 Å². The summed E-state index contributed by atoms with van der Waals surface area (Å²) in [5.41, 5.74) is 4.62. The summed E-state index contributed by atoms with van der Waals surface area (Å²) in [7, 11) is -3.64. The van der Waals surface area contributed by atoms with E-state index in [1.54, 1.807) is 12.1 Å². The van der Waals surface area contributed by atoms with Crippen LogP contribution in [0.15, 0.2) is 53.4 Å². The second kappa shape index (κ2) is 8.36. The number of anilines is 1. The minimum absolute atomic E-state index is 0.0947. The highest BCUT2D eigenvalue weighted by Crippen LogP contribution is 2.31. The highest BCUT2D eigenvalue weighted by Gasteiger charge is 2.29. The molecule has 0 saturated heterocycles. The van der Waals surface area contributed by atoms with E-state index in [-0.39, 0.29) is 28.4 Å². The third kappa shape index (κ3) is 4.95. The fourth-order valence-electron chi connectivity index (χ4n) is 2.47. The van der Waals surface area contributed by atoms with Gasteiger partial charge >= 0.3 is 6.03 Å². The van der Waals surface area contributed by atoms with E-state index in [4.69, 9.17) is 17.3 Å². The van der Waals surface area contributed by atoms with Crippen molar-refractivity contribution in [3.63, 3.8) is 0 Å². The summed E-state index contributed by atoms with van der Waals surface area (Å²) < 4.78 is 24.9. The van der Waals surface area contributed by atoms with Gasteiger partial charge in [0.25, 0.3) is 5.69 Å². The lowest BCUT2D eigenvalue weighted by Gasteiger charge is -2.25. The first-order valence-corrected chi connectivity index (χ1v) is 9.98. The van der Waals surface area contributed by atoms with Crippen molar-refractivity contribution < 1.29 is 18.1 Å². The standard InChI is InChI=1S/C17H18ClN3O5S/c1-12-6-8-13(9-7-12)27(25,26)11-10-16(18)20(17(19)22)14-4-2-3-5-15(14)21(23)24/h2-9,16H,10-11H2,1H3,(H2,19,22). The predicted octanol–water partition coefficient (Wildman–Crippen LogP) is 3.22. The number of halogens is 1. The molecule has 0 radical (unpaired) electrons. The maximum Gasteiger partial charge on any atom is 0.320 e. The summed E-state index contributed by atoms with van der Waals surface area (Å²) in [4.78, 5) is 23.3. The van der Waals surface area contributed by atoms with Gasteiger partial charge in [-0.3, -0.25) is 15.0 Å². The highest BCUT2D eigenvalue weighted by molar-refractivity contribution is 7.91. The zero-order valence-corrected chi connectivity index (χ0v) is 16.0. The van der Waals surface area contributed by atoms with E-state index in [0.717, 1.165) is 10.5 Å². The number of nitro groups is 1. The first-order chi connectivity index (χ1) is 12.6. The Balaban J connectivity index is 2.24. The van der Waals surface area contributed by atoms with Gasteiger partial charge in [0, 0.05) is 6.07 Å². The number of hydrogen-bond donors (Lipinski definition) is 1. The number of aryl methyl sites for hydroxylation is 1. The number of urea groups is 1. The van der Waals surface area contributed by atoms with Gasteiger partial charge in [-0.2, -0.15) is 0 Å². The number of nitrogens with zero attached hydrogens (tertiary/aromatic N) is 2. The topological polar surface area (TPSA) is 124 Å². The number of nitrogens with two attached hydrogens (primary N) is 1. The van der Waals surface area contributed by atoms with Crippen LogP contribution in [0.5, 0.6) is 0 Å². The van der Waals surface area contributed by atoms with Crippen LogP contribution in [-0.4, -0.2) is 30.6 Å². The molecule has 0 aliphatic carbocycles. The van der Waals surface area contributed by atoms with Crippen molar-refractivity contribution in [3.8, 4) is 0 Å². The minimum Gasteiger partial charge on any atom is -0.351 e. The van der Waals surface area contributed by atoms with Gasteiger partial charge in [0.2, 0.25) is 0 Å². The van der Waals surface area contributed by atoms with Crippen LogP contribution < -0.4 is 10.6 Å². The second-order valence-corrected chi connectivity index (χ2v) is 8.42. The molecule has 0 heterocycles. The zero-order valence-electron chi connectivity index (χ0n) is 14.4. The number of carbonyl (C=O) groups excluding carboxylic acids is 1. The molecule has 144 valence electrons. The Morgan fingerprint density at radius 3 is 2.37 bits per heavy atom. The highest BCUT2D eigenvalue weighted by atomic mass is 35.5.